The number of aromatic nitrogens is 2. The molecule has 2 aromatic rings. The molecule has 0 radical (unpaired) electrons. The van der Waals surface area contributed by atoms with Crippen molar-refractivity contribution in [3.8, 4) is 0 Å². The van der Waals surface area contributed by atoms with E-state index >= 15 is 0 Å². The lowest BCUT2D eigenvalue weighted by atomic mass is 9.75. The molecule has 0 saturated heterocycles. The van der Waals surface area contributed by atoms with Crippen molar-refractivity contribution in [1.29, 1.82) is 0 Å². The molecule has 0 fully saturated rings. The first-order valence-corrected chi connectivity index (χ1v) is 7.85. The van der Waals surface area contributed by atoms with Crippen LogP contribution in [0.4, 0.5) is 0 Å². The van der Waals surface area contributed by atoms with Crippen LogP contribution in [0.15, 0.2) is 42.6 Å². The number of benzene rings is 1. The fourth-order valence-electron chi connectivity index (χ4n) is 2.84. The molecular formula is C18H25N3. The predicted molar refractivity (Wildman–Crippen MR) is 87.2 cm³/mol. The Bertz CT molecular complexity index is 547. The second-order valence-corrected chi connectivity index (χ2v) is 5.31. The summed E-state index contributed by atoms with van der Waals surface area (Å²) in [5, 5.41) is 3.33. The van der Waals surface area contributed by atoms with Gasteiger partial charge in [-0.2, -0.15) is 0 Å². The van der Waals surface area contributed by atoms with Crippen LogP contribution in [0.25, 0.3) is 0 Å². The first-order chi connectivity index (χ1) is 10.3. The van der Waals surface area contributed by atoms with E-state index in [1.165, 1.54) is 5.56 Å². The fraction of sp³-hybridized carbons (Fsp3) is 0.444. The lowest BCUT2D eigenvalue weighted by Gasteiger charge is -2.31. The lowest BCUT2D eigenvalue weighted by molar-refractivity contribution is 0.446. The second kappa shape index (κ2) is 7.32. The summed E-state index contributed by atoms with van der Waals surface area (Å²) in [5.74, 6) is 0.939. The van der Waals surface area contributed by atoms with E-state index in [-0.39, 0.29) is 5.41 Å². The van der Waals surface area contributed by atoms with Crippen molar-refractivity contribution < 1.29 is 0 Å². The summed E-state index contributed by atoms with van der Waals surface area (Å²) in [6.45, 7) is 8.29. The number of nitrogens with one attached hydrogen (secondary N) is 1. The van der Waals surface area contributed by atoms with Gasteiger partial charge < -0.3 is 5.32 Å². The van der Waals surface area contributed by atoms with Gasteiger partial charge in [-0.1, -0.05) is 51.1 Å². The highest BCUT2D eigenvalue weighted by Gasteiger charge is 2.33. The molecule has 21 heavy (non-hydrogen) atoms. The third-order valence-corrected chi connectivity index (χ3v) is 4.23. The number of hydrogen-bond donors (Lipinski definition) is 1. The summed E-state index contributed by atoms with van der Waals surface area (Å²) in [7, 11) is 0. The summed E-state index contributed by atoms with van der Waals surface area (Å²) in [5.41, 5.74) is 2.27. The lowest BCUT2D eigenvalue weighted by Crippen LogP contribution is -2.29. The van der Waals surface area contributed by atoms with E-state index in [0.717, 1.165) is 37.4 Å². The SMILES string of the molecule is CCNCc1ccnc(C(CC)(CC)c2ccccc2)n1. The summed E-state index contributed by atoms with van der Waals surface area (Å²) < 4.78 is 0. The van der Waals surface area contributed by atoms with Gasteiger partial charge in [0, 0.05) is 12.7 Å². The Morgan fingerprint density at radius 2 is 1.71 bits per heavy atom. The van der Waals surface area contributed by atoms with Gasteiger partial charge in [-0.15, -0.1) is 0 Å². The molecule has 1 heterocycles. The van der Waals surface area contributed by atoms with Crippen LogP contribution < -0.4 is 5.32 Å². The molecule has 0 unspecified atom stereocenters. The molecule has 0 aliphatic carbocycles. The molecule has 1 aromatic heterocycles. The molecule has 0 aliphatic rings. The zero-order valence-corrected chi connectivity index (χ0v) is 13.3. The van der Waals surface area contributed by atoms with E-state index < -0.39 is 0 Å². The van der Waals surface area contributed by atoms with Crippen LogP contribution in [0.3, 0.4) is 0 Å². The monoisotopic (exact) mass is 283 g/mol. The minimum Gasteiger partial charge on any atom is -0.311 e. The standard InChI is InChI=1S/C18H25N3/c1-4-18(5-2,15-10-8-7-9-11-15)17-20-13-12-16(21-17)14-19-6-3/h7-13,19H,4-6,14H2,1-3H3. The van der Waals surface area contributed by atoms with Gasteiger partial charge in [0.2, 0.25) is 0 Å². The number of hydrogen-bond acceptors (Lipinski definition) is 3. The minimum absolute atomic E-state index is 0.0938. The molecule has 0 spiro atoms. The van der Waals surface area contributed by atoms with E-state index in [2.05, 4.69) is 61.4 Å². The van der Waals surface area contributed by atoms with Crippen molar-refractivity contribution in [3.63, 3.8) is 0 Å². The fourth-order valence-corrected chi connectivity index (χ4v) is 2.84. The summed E-state index contributed by atoms with van der Waals surface area (Å²) in [4.78, 5) is 9.43. The Kier molecular flexibility index (Phi) is 5.45. The summed E-state index contributed by atoms with van der Waals surface area (Å²) in [6, 6.07) is 12.6. The predicted octanol–water partition coefficient (Wildman–Crippen LogP) is 3.69. The quantitative estimate of drug-likeness (QED) is 0.842. The van der Waals surface area contributed by atoms with Crippen molar-refractivity contribution in [3.05, 3.63) is 59.7 Å². The highest BCUT2D eigenvalue weighted by Crippen LogP contribution is 2.36. The first-order valence-electron chi connectivity index (χ1n) is 7.85. The average Bonchev–Trinajstić information content (AvgIpc) is 2.56. The van der Waals surface area contributed by atoms with E-state index in [4.69, 9.17) is 4.98 Å². The highest BCUT2D eigenvalue weighted by molar-refractivity contribution is 5.33. The normalized spacial score (nSPS) is 11.6. The van der Waals surface area contributed by atoms with Crippen LogP contribution in [-0.4, -0.2) is 16.5 Å². The smallest absolute Gasteiger partial charge is 0.139 e. The van der Waals surface area contributed by atoms with Crippen LogP contribution >= 0.6 is 0 Å². The number of rotatable bonds is 7. The van der Waals surface area contributed by atoms with Gasteiger partial charge >= 0.3 is 0 Å². The molecule has 1 aromatic carbocycles. The summed E-state index contributed by atoms with van der Waals surface area (Å²) in [6.07, 6.45) is 3.88. The molecule has 2 rings (SSSR count). The molecule has 112 valence electrons. The molecule has 0 atom stereocenters. The Morgan fingerprint density at radius 1 is 1.00 bits per heavy atom. The van der Waals surface area contributed by atoms with Crippen LogP contribution in [-0.2, 0) is 12.0 Å². The van der Waals surface area contributed by atoms with Crippen molar-refractivity contribution in [1.82, 2.24) is 15.3 Å². The second-order valence-electron chi connectivity index (χ2n) is 5.31. The van der Waals surface area contributed by atoms with Gasteiger partial charge in [-0.3, -0.25) is 0 Å². The van der Waals surface area contributed by atoms with Crippen molar-refractivity contribution in [2.75, 3.05) is 6.54 Å². The Labute approximate surface area is 127 Å². The van der Waals surface area contributed by atoms with E-state index in [1.54, 1.807) is 0 Å². The Morgan fingerprint density at radius 3 is 2.33 bits per heavy atom. The largest absolute Gasteiger partial charge is 0.311 e. The van der Waals surface area contributed by atoms with E-state index in [1.807, 2.05) is 12.3 Å². The van der Waals surface area contributed by atoms with Crippen molar-refractivity contribution in [2.24, 2.45) is 0 Å². The Hall–Kier alpha value is -1.74. The van der Waals surface area contributed by atoms with Crippen LogP contribution in [0.2, 0.25) is 0 Å². The van der Waals surface area contributed by atoms with Gasteiger partial charge in [0.25, 0.3) is 0 Å². The van der Waals surface area contributed by atoms with Gasteiger partial charge in [-0.05, 0) is 31.0 Å². The maximum absolute atomic E-state index is 4.83. The van der Waals surface area contributed by atoms with Gasteiger partial charge in [0.05, 0.1) is 11.1 Å². The Balaban J connectivity index is 2.43. The minimum atomic E-state index is -0.0938. The molecular weight excluding hydrogens is 258 g/mol. The van der Waals surface area contributed by atoms with Gasteiger partial charge in [0.15, 0.2) is 0 Å². The molecule has 0 saturated carbocycles. The van der Waals surface area contributed by atoms with E-state index in [9.17, 15) is 0 Å². The zero-order chi connectivity index (χ0) is 15.1. The first kappa shape index (κ1) is 15.6. The molecule has 1 N–H and O–H groups in total. The molecule has 3 nitrogen and oxygen atoms in total. The molecule has 0 amide bonds. The van der Waals surface area contributed by atoms with Crippen molar-refractivity contribution in [2.45, 2.75) is 45.6 Å². The molecule has 0 bridgehead atoms. The maximum Gasteiger partial charge on any atom is 0.139 e. The van der Waals surface area contributed by atoms with Gasteiger partial charge in [0.1, 0.15) is 5.82 Å². The van der Waals surface area contributed by atoms with Crippen LogP contribution in [0.5, 0.6) is 0 Å². The van der Waals surface area contributed by atoms with Gasteiger partial charge in [-0.25, -0.2) is 9.97 Å². The van der Waals surface area contributed by atoms with E-state index in [0.29, 0.717) is 0 Å². The van der Waals surface area contributed by atoms with Crippen LogP contribution in [0, 0.1) is 0 Å². The third-order valence-electron chi connectivity index (χ3n) is 4.23. The third kappa shape index (κ3) is 3.30. The topological polar surface area (TPSA) is 37.8 Å². The maximum atomic E-state index is 4.83. The molecule has 3 heteroatoms. The molecule has 0 aliphatic heterocycles. The zero-order valence-electron chi connectivity index (χ0n) is 13.3. The summed E-state index contributed by atoms with van der Waals surface area (Å²) >= 11 is 0. The average molecular weight is 283 g/mol. The highest BCUT2D eigenvalue weighted by atomic mass is 14.9. The number of nitrogens with zero attached hydrogens (tertiary/aromatic N) is 2. The van der Waals surface area contributed by atoms with Crippen LogP contribution in [0.1, 0.15) is 50.7 Å². The van der Waals surface area contributed by atoms with Crippen molar-refractivity contribution >= 4 is 0 Å².